The Kier molecular flexibility index (Phi) is 7.53. The fraction of sp³-hybridized carbons (Fsp3) is 0.138. The van der Waals surface area contributed by atoms with E-state index < -0.39 is 0 Å². The number of anilines is 1. The van der Waals surface area contributed by atoms with Crippen molar-refractivity contribution in [3.05, 3.63) is 114 Å². The fourth-order valence-corrected chi connectivity index (χ4v) is 3.71. The molecule has 1 aromatic heterocycles. The molecule has 0 atom stereocenters. The molecule has 0 saturated heterocycles. The topological polar surface area (TPSA) is 67.2 Å². The van der Waals surface area contributed by atoms with Crippen molar-refractivity contribution in [3.63, 3.8) is 0 Å². The number of aromatic nitrogens is 2. The van der Waals surface area contributed by atoms with Crippen molar-refractivity contribution in [3.8, 4) is 11.3 Å². The van der Waals surface area contributed by atoms with E-state index in [0.717, 1.165) is 27.9 Å². The van der Waals surface area contributed by atoms with Gasteiger partial charge in [0.15, 0.2) is 0 Å². The zero-order chi connectivity index (χ0) is 24.6. The normalized spacial score (nSPS) is 10.9. The van der Waals surface area contributed by atoms with Gasteiger partial charge in [0.05, 0.1) is 12.2 Å². The van der Waals surface area contributed by atoms with Gasteiger partial charge in [0.2, 0.25) is 11.8 Å². The molecule has 3 aromatic carbocycles. The molecule has 6 nitrogen and oxygen atoms in total. The van der Waals surface area contributed by atoms with Crippen LogP contribution in [-0.4, -0.2) is 33.5 Å². The lowest BCUT2D eigenvalue weighted by Crippen LogP contribution is -2.23. The molecule has 1 N–H and O–H groups in total. The molecule has 0 aliphatic rings. The first kappa shape index (κ1) is 23.7. The summed E-state index contributed by atoms with van der Waals surface area (Å²) in [7, 11) is 1.75. The zero-order valence-electron chi connectivity index (χ0n) is 19.9. The summed E-state index contributed by atoms with van der Waals surface area (Å²) >= 11 is 0. The second-order valence-corrected chi connectivity index (χ2v) is 8.38. The van der Waals surface area contributed by atoms with E-state index in [9.17, 15) is 9.59 Å². The third-order valence-corrected chi connectivity index (χ3v) is 5.59. The molecule has 4 aromatic rings. The first-order valence-electron chi connectivity index (χ1n) is 11.4. The lowest BCUT2D eigenvalue weighted by molar-refractivity contribution is -0.128. The lowest BCUT2D eigenvalue weighted by atomic mass is 10.1. The van der Waals surface area contributed by atoms with Gasteiger partial charge in [0.1, 0.15) is 0 Å². The van der Waals surface area contributed by atoms with Gasteiger partial charge in [-0.15, -0.1) is 0 Å². The summed E-state index contributed by atoms with van der Waals surface area (Å²) in [6, 6.07) is 27.6. The van der Waals surface area contributed by atoms with Crippen molar-refractivity contribution in [1.82, 2.24) is 14.7 Å². The van der Waals surface area contributed by atoms with Crippen molar-refractivity contribution in [2.45, 2.75) is 20.0 Å². The third-order valence-electron chi connectivity index (χ3n) is 5.59. The fourth-order valence-electron chi connectivity index (χ4n) is 3.71. The minimum Gasteiger partial charge on any atom is -0.342 e. The number of hydrogen-bond donors (Lipinski definition) is 1. The Morgan fingerprint density at radius 2 is 1.63 bits per heavy atom. The molecule has 0 aliphatic carbocycles. The monoisotopic (exact) mass is 464 g/mol. The molecule has 2 amide bonds. The summed E-state index contributed by atoms with van der Waals surface area (Å²) in [6.45, 7) is 2.65. The molecule has 1 heterocycles. The predicted molar refractivity (Wildman–Crippen MR) is 139 cm³/mol. The molecule has 0 spiro atoms. The Morgan fingerprint density at radius 1 is 0.943 bits per heavy atom. The van der Waals surface area contributed by atoms with E-state index in [4.69, 9.17) is 5.10 Å². The number of rotatable bonds is 8. The SMILES string of the molecule is CC(=O)N(C)Cc1cccc(NC(=O)/C=C/c2cn(Cc3ccccc3)nc2-c2ccccc2)c1. The molecule has 0 bridgehead atoms. The van der Waals surface area contributed by atoms with Crippen LogP contribution in [0, 0.1) is 0 Å². The molecule has 0 unspecified atom stereocenters. The van der Waals surface area contributed by atoms with E-state index in [2.05, 4.69) is 17.4 Å². The Labute approximate surface area is 205 Å². The van der Waals surface area contributed by atoms with E-state index in [-0.39, 0.29) is 11.8 Å². The molecule has 0 radical (unpaired) electrons. The largest absolute Gasteiger partial charge is 0.342 e. The van der Waals surface area contributed by atoms with Gasteiger partial charge in [-0.2, -0.15) is 5.10 Å². The summed E-state index contributed by atoms with van der Waals surface area (Å²) in [5, 5.41) is 7.70. The molecular weight excluding hydrogens is 436 g/mol. The van der Waals surface area contributed by atoms with E-state index in [1.54, 1.807) is 18.0 Å². The standard InChI is InChI=1S/C29H28N4O2/c1-22(34)32(2)19-24-12-9-15-27(18-24)30-28(35)17-16-26-21-33(20-23-10-5-3-6-11-23)31-29(26)25-13-7-4-8-14-25/h3-18,21H,19-20H2,1-2H3,(H,30,35)/b17-16+. The second kappa shape index (κ2) is 11.1. The van der Waals surface area contributed by atoms with Gasteiger partial charge in [-0.3, -0.25) is 14.3 Å². The maximum Gasteiger partial charge on any atom is 0.248 e. The number of nitrogens with one attached hydrogen (secondary N) is 1. The Balaban J connectivity index is 1.51. The van der Waals surface area contributed by atoms with Crippen LogP contribution in [-0.2, 0) is 22.7 Å². The molecule has 0 saturated carbocycles. The molecule has 4 rings (SSSR count). The zero-order valence-corrected chi connectivity index (χ0v) is 19.9. The molecule has 0 fully saturated rings. The third kappa shape index (κ3) is 6.54. The Morgan fingerprint density at radius 3 is 2.34 bits per heavy atom. The van der Waals surface area contributed by atoms with Gasteiger partial charge in [0.25, 0.3) is 0 Å². The van der Waals surface area contributed by atoms with Crippen LogP contribution in [0.25, 0.3) is 17.3 Å². The van der Waals surface area contributed by atoms with E-state index in [1.807, 2.05) is 83.7 Å². The summed E-state index contributed by atoms with van der Waals surface area (Å²) in [5.74, 6) is -0.249. The maximum absolute atomic E-state index is 12.7. The molecule has 176 valence electrons. The second-order valence-electron chi connectivity index (χ2n) is 8.38. The molecule has 0 aliphatic heterocycles. The van der Waals surface area contributed by atoms with E-state index in [0.29, 0.717) is 18.8 Å². The number of benzene rings is 3. The number of carbonyl (C=O) groups excluding carboxylic acids is 2. The average Bonchev–Trinajstić information content (AvgIpc) is 3.26. The quantitative estimate of drug-likeness (QED) is 0.363. The van der Waals surface area contributed by atoms with Crippen LogP contribution < -0.4 is 5.32 Å². The highest BCUT2D eigenvalue weighted by Gasteiger charge is 2.10. The van der Waals surface area contributed by atoms with Gasteiger partial charge in [-0.05, 0) is 29.3 Å². The highest BCUT2D eigenvalue weighted by molar-refractivity contribution is 6.02. The van der Waals surface area contributed by atoms with Gasteiger partial charge in [-0.1, -0.05) is 72.8 Å². The van der Waals surface area contributed by atoms with Crippen LogP contribution in [0.2, 0.25) is 0 Å². The van der Waals surface area contributed by atoms with Gasteiger partial charge < -0.3 is 10.2 Å². The Bertz CT molecular complexity index is 1330. The summed E-state index contributed by atoms with van der Waals surface area (Å²) in [4.78, 5) is 25.8. The first-order valence-corrected chi connectivity index (χ1v) is 11.4. The van der Waals surface area contributed by atoms with Gasteiger partial charge >= 0.3 is 0 Å². The minimum absolute atomic E-state index is 0.00981. The van der Waals surface area contributed by atoms with Crippen LogP contribution in [0.3, 0.4) is 0 Å². The number of hydrogen-bond acceptors (Lipinski definition) is 3. The van der Waals surface area contributed by atoms with Crippen molar-refractivity contribution < 1.29 is 9.59 Å². The van der Waals surface area contributed by atoms with Crippen LogP contribution in [0.1, 0.15) is 23.6 Å². The van der Waals surface area contributed by atoms with Crippen LogP contribution in [0.5, 0.6) is 0 Å². The highest BCUT2D eigenvalue weighted by Crippen LogP contribution is 2.23. The smallest absolute Gasteiger partial charge is 0.248 e. The number of amides is 2. The van der Waals surface area contributed by atoms with Crippen LogP contribution in [0.15, 0.2) is 97.2 Å². The van der Waals surface area contributed by atoms with Crippen molar-refractivity contribution in [2.75, 3.05) is 12.4 Å². The highest BCUT2D eigenvalue weighted by atomic mass is 16.2. The maximum atomic E-state index is 12.7. The van der Waals surface area contributed by atoms with Crippen molar-refractivity contribution in [1.29, 1.82) is 0 Å². The molecule has 6 heteroatoms. The number of nitrogens with zero attached hydrogens (tertiary/aromatic N) is 3. The lowest BCUT2D eigenvalue weighted by Gasteiger charge is -2.15. The van der Waals surface area contributed by atoms with Gasteiger partial charge in [0, 0.05) is 49.6 Å². The Hall–Kier alpha value is -4.45. The van der Waals surface area contributed by atoms with Crippen LogP contribution in [0.4, 0.5) is 5.69 Å². The summed E-state index contributed by atoms with van der Waals surface area (Å²) in [5.41, 5.74) is 5.44. The first-order chi connectivity index (χ1) is 17.0. The summed E-state index contributed by atoms with van der Waals surface area (Å²) < 4.78 is 1.89. The molecule has 35 heavy (non-hydrogen) atoms. The van der Waals surface area contributed by atoms with E-state index >= 15 is 0 Å². The average molecular weight is 465 g/mol. The van der Waals surface area contributed by atoms with Crippen molar-refractivity contribution in [2.24, 2.45) is 0 Å². The van der Waals surface area contributed by atoms with Crippen LogP contribution >= 0.6 is 0 Å². The number of carbonyl (C=O) groups is 2. The van der Waals surface area contributed by atoms with E-state index in [1.165, 1.54) is 13.0 Å². The molecular formula is C29H28N4O2. The summed E-state index contributed by atoms with van der Waals surface area (Å²) in [6.07, 6.45) is 5.27. The van der Waals surface area contributed by atoms with Gasteiger partial charge in [-0.25, -0.2) is 0 Å². The predicted octanol–water partition coefficient (Wildman–Crippen LogP) is 5.23. The minimum atomic E-state index is -0.239. The van der Waals surface area contributed by atoms with Crippen molar-refractivity contribution >= 4 is 23.6 Å².